The summed E-state index contributed by atoms with van der Waals surface area (Å²) < 4.78 is 40.9. The molecule has 0 amide bonds. The fourth-order valence-electron chi connectivity index (χ4n) is 8.03. The van der Waals surface area contributed by atoms with E-state index in [4.69, 9.17) is 29.8 Å². The van der Waals surface area contributed by atoms with Crippen molar-refractivity contribution in [2.75, 3.05) is 43.4 Å². The van der Waals surface area contributed by atoms with Crippen LogP contribution in [0.1, 0.15) is 56.6 Å². The third-order valence-corrected chi connectivity index (χ3v) is 10.2. The molecule has 4 aliphatic heterocycles. The highest BCUT2D eigenvalue weighted by Crippen LogP contribution is 2.47. The molecule has 1 saturated carbocycles. The maximum atomic E-state index is 14.6. The minimum atomic E-state index is -0.834. The molecule has 3 aromatic heterocycles. The number of nitrogens with zero attached hydrogens (tertiary/aromatic N) is 6. The zero-order chi connectivity index (χ0) is 28.9. The van der Waals surface area contributed by atoms with Crippen molar-refractivity contribution in [3.05, 3.63) is 29.7 Å². The molecular weight excluding hydrogens is 554 g/mol. The molecule has 7 heterocycles. The Morgan fingerprint density at radius 1 is 1.02 bits per heavy atom. The van der Waals surface area contributed by atoms with E-state index in [0.717, 1.165) is 80.8 Å². The normalized spacial score (nSPS) is 28.8. The molecule has 9 rings (SSSR count). The van der Waals surface area contributed by atoms with Gasteiger partial charge in [-0.25, -0.2) is 13.8 Å². The number of anilines is 2. The monoisotopic (exact) mass is 588 g/mol. The molecule has 1 aromatic carbocycles. The van der Waals surface area contributed by atoms with Crippen LogP contribution < -0.4 is 20.7 Å². The zero-order valence-corrected chi connectivity index (χ0v) is 23.9. The quantitative estimate of drug-likeness (QED) is 0.337. The van der Waals surface area contributed by atoms with Crippen molar-refractivity contribution < 1.29 is 17.9 Å². The van der Waals surface area contributed by atoms with Crippen LogP contribution in [0.4, 0.5) is 20.6 Å². The molecule has 4 saturated heterocycles. The number of pyridine rings is 1. The van der Waals surface area contributed by atoms with E-state index in [1.165, 1.54) is 6.07 Å². The Hall–Kier alpha value is -3.64. The van der Waals surface area contributed by atoms with E-state index in [2.05, 4.69) is 20.1 Å². The number of piperazine rings is 1. The largest absolute Gasteiger partial charge is 0.461 e. The standard InChI is InChI=1S/C31H34F2N8O2/c32-17-11-31(8-1-9-41(31)12-17)15-42-30-36-23-10-21(20-6-7-22(33)27-25(20)38-29(34)43-27)24(16-2-3-16)37-26(23)28(39-30)40-13-18-4-5-19(14-40)35-18/h6-7,10,16-19,35H,1-5,8-9,11-15H2,(H2,34,38)/t17-,18?,19?,31+/m1/s1. The molecule has 12 heteroatoms. The summed E-state index contributed by atoms with van der Waals surface area (Å²) in [6, 6.07) is 6.11. The Bertz CT molecular complexity index is 1750. The third kappa shape index (κ3) is 4.24. The molecule has 224 valence electrons. The number of benzene rings is 1. The Balaban J connectivity index is 1.18. The summed E-state index contributed by atoms with van der Waals surface area (Å²) in [6.07, 6.45) is 5.93. The van der Waals surface area contributed by atoms with E-state index in [0.29, 0.717) is 48.3 Å². The second-order valence-electron chi connectivity index (χ2n) is 13.1. The highest BCUT2D eigenvalue weighted by molar-refractivity contribution is 5.97. The van der Waals surface area contributed by atoms with E-state index in [-0.39, 0.29) is 29.1 Å². The molecule has 2 unspecified atom stereocenters. The number of aromatic nitrogens is 4. The summed E-state index contributed by atoms with van der Waals surface area (Å²) in [7, 11) is 0. The van der Waals surface area contributed by atoms with E-state index in [9.17, 15) is 8.78 Å². The molecule has 0 spiro atoms. The van der Waals surface area contributed by atoms with E-state index < -0.39 is 12.0 Å². The van der Waals surface area contributed by atoms with Gasteiger partial charge in [0, 0.05) is 55.2 Å². The summed E-state index contributed by atoms with van der Waals surface area (Å²) in [4.78, 5) is 24.0. The summed E-state index contributed by atoms with van der Waals surface area (Å²) in [5.74, 6) is 0.550. The number of hydrogen-bond donors (Lipinski definition) is 2. The van der Waals surface area contributed by atoms with Gasteiger partial charge < -0.3 is 25.1 Å². The number of halogens is 2. The first-order chi connectivity index (χ1) is 20.9. The number of nitrogens with one attached hydrogen (secondary N) is 1. The van der Waals surface area contributed by atoms with Crippen LogP contribution in [0.5, 0.6) is 6.01 Å². The Morgan fingerprint density at radius 3 is 2.67 bits per heavy atom. The van der Waals surface area contributed by atoms with Crippen molar-refractivity contribution in [3.8, 4) is 17.1 Å². The van der Waals surface area contributed by atoms with Crippen molar-refractivity contribution in [1.29, 1.82) is 0 Å². The molecule has 5 fully saturated rings. The maximum absolute atomic E-state index is 14.6. The maximum Gasteiger partial charge on any atom is 0.319 e. The topological polar surface area (TPSA) is 118 Å². The summed E-state index contributed by atoms with van der Waals surface area (Å²) >= 11 is 0. The van der Waals surface area contributed by atoms with Gasteiger partial charge in [0.25, 0.3) is 6.01 Å². The second-order valence-corrected chi connectivity index (χ2v) is 13.1. The molecule has 4 aromatic rings. The van der Waals surface area contributed by atoms with Gasteiger partial charge in [-0.05, 0) is 63.3 Å². The van der Waals surface area contributed by atoms with Crippen LogP contribution in [0.25, 0.3) is 33.3 Å². The van der Waals surface area contributed by atoms with Gasteiger partial charge >= 0.3 is 6.01 Å². The average molecular weight is 589 g/mol. The van der Waals surface area contributed by atoms with Crippen molar-refractivity contribution in [3.63, 3.8) is 0 Å². The number of hydrogen-bond acceptors (Lipinski definition) is 10. The van der Waals surface area contributed by atoms with E-state index in [1.807, 2.05) is 6.07 Å². The van der Waals surface area contributed by atoms with Gasteiger partial charge in [-0.1, -0.05) is 0 Å². The molecule has 4 atom stereocenters. The smallest absolute Gasteiger partial charge is 0.319 e. The predicted molar refractivity (Wildman–Crippen MR) is 157 cm³/mol. The van der Waals surface area contributed by atoms with Crippen LogP contribution in [0.15, 0.2) is 22.6 Å². The first-order valence-corrected chi connectivity index (χ1v) is 15.5. The van der Waals surface area contributed by atoms with E-state index in [1.54, 1.807) is 6.07 Å². The Kier molecular flexibility index (Phi) is 5.66. The van der Waals surface area contributed by atoms with E-state index >= 15 is 0 Å². The van der Waals surface area contributed by atoms with Crippen LogP contribution in [0.2, 0.25) is 0 Å². The molecule has 43 heavy (non-hydrogen) atoms. The fourth-order valence-corrected chi connectivity index (χ4v) is 8.03. The van der Waals surface area contributed by atoms with Crippen molar-refractivity contribution >= 4 is 34.0 Å². The van der Waals surface area contributed by atoms with Crippen LogP contribution in [0, 0.1) is 5.82 Å². The average Bonchev–Trinajstić information content (AvgIpc) is 3.36. The molecular formula is C31H34F2N8O2. The lowest BCUT2D eigenvalue weighted by molar-refractivity contribution is 0.107. The number of nitrogens with two attached hydrogens (primary N) is 1. The summed E-state index contributed by atoms with van der Waals surface area (Å²) in [5, 5.41) is 3.70. The molecule has 5 aliphatic rings. The minimum Gasteiger partial charge on any atom is -0.461 e. The fraction of sp³-hybridized carbons (Fsp3) is 0.548. The lowest BCUT2D eigenvalue weighted by Gasteiger charge is -2.34. The first-order valence-electron chi connectivity index (χ1n) is 15.5. The summed E-state index contributed by atoms with van der Waals surface area (Å²) in [6.45, 7) is 3.38. The number of ether oxygens (including phenoxy) is 1. The molecule has 0 radical (unpaired) electrons. The number of nitrogen functional groups attached to an aromatic ring is 1. The molecule has 3 N–H and O–H groups in total. The first kappa shape index (κ1) is 25.8. The highest BCUT2D eigenvalue weighted by Gasteiger charge is 2.49. The number of oxazole rings is 1. The zero-order valence-electron chi connectivity index (χ0n) is 23.9. The Labute approximate surface area is 247 Å². The SMILES string of the molecule is Nc1nc2c(-c3cc4nc(OC[C@@]56CCCN5C[C@H](F)C6)nc(N5CC6CCC(C5)N6)c4nc3C3CC3)ccc(F)c2o1. The highest BCUT2D eigenvalue weighted by atomic mass is 19.1. The molecule has 10 nitrogen and oxygen atoms in total. The van der Waals surface area contributed by atoms with Crippen LogP contribution in [0.3, 0.4) is 0 Å². The molecule has 1 aliphatic carbocycles. The van der Waals surface area contributed by atoms with Gasteiger partial charge in [-0.15, -0.1) is 0 Å². The second kappa shape index (κ2) is 9.43. The number of fused-ring (bicyclic) bond motifs is 5. The Morgan fingerprint density at radius 2 is 1.86 bits per heavy atom. The van der Waals surface area contributed by atoms with Gasteiger partial charge in [0.1, 0.15) is 23.8 Å². The van der Waals surface area contributed by atoms with Crippen molar-refractivity contribution in [2.24, 2.45) is 0 Å². The van der Waals surface area contributed by atoms with Crippen LogP contribution in [-0.2, 0) is 0 Å². The van der Waals surface area contributed by atoms with Crippen LogP contribution in [-0.4, -0.2) is 81.4 Å². The molecule has 2 bridgehead atoms. The lowest BCUT2D eigenvalue weighted by atomic mass is 9.95. The van der Waals surface area contributed by atoms with Gasteiger partial charge in [-0.2, -0.15) is 15.0 Å². The number of rotatable bonds is 6. The van der Waals surface area contributed by atoms with Crippen molar-refractivity contribution in [1.82, 2.24) is 30.2 Å². The van der Waals surface area contributed by atoms with Gasteiger partial charge in [0.15, 0.2) is 17.2 Å². The lowest BCUT2D eigenvalue weighted by Crippen LogP contribution is -2.51. The predicted octanol–water partition coefficient (Wildman–Crippen LogP) is 4.33. The summed E-state index contributed by atoms with van der Waals surface area (Å²) in [5.41, 5.74) is 9.80. The van der Waals surface area contributed by atoms with Gasteiger partial charge in [0.2, 0.25) is 0 Å². The minimum absolute atomic E-state index is 0.0311. The van der Waals surface area contributed by atoms with Gasteiger partial charge in [0.05, 0.1) is 16.7 Å². The van der Waals surface area contributed by atoms with Crippen molar-refractivity contribution in [2.45, 2.75) is 74.7 Å². The number of alkyl halides is 1. The van der Waals surface area contributed by atoms with Crippen LogP contribution >= 0.6 is 0 Å². The van der Waals surface area contributed by atoms with Gasteiger partial charge in [-0.3, -0.25) is 4.90 Å². The third-order valence-electron chi connectivity index (χ3n) is 10.2.